The lowest BCUT2D eigenvalue weighted by molar-refractivity contribution is 0.0766. The molecule has 0 bridgehead atoms. The predicted octanol–water partition coefficient (Wildman–Crippen LogP) is 3.08. The van der Waals surface area contributed by atoms with Crippen molar-refractivity contribution in [2.24, 2.45) is 0 Å². The first kappa shape index (κ1) is 17.3. The summed E-state index contributed by atoms with van der Waals surface area (Å²) in [6, 6.07) is 7.45. The van der Waals surface area contributed by atoms with Crippen molar-refractivity contribution in [3.8, 4) is 11.5 Å². The van der Waals surface area contributed by atoms with E-state index >= 15 is 0 Å². The molecule has 4 rings (SSSR count). The number of ether oxygens (including phenoxy) is 2. The Labute approximate surface area is 159 Å². The molecule has 1 amide bonds. The highest BCUT2D eigenvalue weighted by Crippen LogP contribution is 2.40. The number of nitrogens with one attached hydrogen (secondary N) is 1. The molecule has 1 saturated heterocycles. The highest BCUT2D eigenvalue weighted by Gasteiger charge is 2.25. The number of aromatic nitrogens is 1. The van der Waals surface area contributed by atoms with Crippen LogP contribution in [0.4, 0.5) is 0 Å². The van der Waals surface area contributed by atoms with Gasteiger partial charge in [0.15, 0.2) is 11.5 Å². The van der Waals surface area contributed by atoms with E-state index in [1.807, 2.05) is 28.8 Å². The van der Waals surface area contributed by atoms with Crippen molar-refractivity contribution in [2.75, 3.05) is 25.6 Å². The minimum absolute atomic E-state index is 0.0262. The predicted molar refractivity (Wildman–Crippen MR) is 100 cm³/mol. The number of halogens is 1. The molecule has 2 aromatic rings. The van der Waals surface area contributed by atoms with Crippen LogP contribution in [0.1, 0.15) is 27.6 Å². The van der Waals surface area contributed by atoms with E-state index in [0.29, 0.717) is 23.9 Å². The number of hydrogen-bond donors (Lipinski definition) is 1. The largest absolute Gasteiger partial charge is 0.454 e. The van der Waals surface area contributed by atoms with Gasteiger partial charge in [-0.05, 0) is 30.2 Å². The third-order valence-corrected chi connectivity index (χ3v) is 6.11. The highest BCUT2D eigenvalue weighted by atomic mass is 35.5. The molecule has 1 fully saturated rings. The molecule has 2 aliphatic heterocycles. The molecule has 0 saturated carbocycles. The van der Waals surface area contributed by atoms with Crippen LogP contribution in [0, 0.1) is 0 Å². The monoisotopic (exact) mass is 392 g/mol. The zero-order valence-corrected chi connectivity index (χ0v) is 15.4. The maximum absolute atomic E-state index is 12.7. The van der Waals surface area contributed by atoms with Crippen molar-refractivity contribution in [3.63, 3.8) is 0 Å². The Morgan fingerprint density at radius 1 is 1.23 bits per heavy atom. The maximum Gasteiger partial charge on any atom is 0.266 e. The summed E-state index contributed by atoms with van der Waals surface area (Å²) in [5.41, 5.74) is 1.19. The Morgan fingerprint density at radius 2 is 2.08 bits per heavy atom. The Hall–Kier alpha value is -2.12. The lowest BCUT2D eigenvalue weighted by atomic mass is 10.1. The Kier molecular flexibility index (Phi) is 4.82. The number of carbonyl (C=O) groups is 1. The number of hydrogen-bond acceptors (Lipinski definition) is 5. The van der Waals surface area contributed by atoms with Gasteiger partial charge in [0.2, 0.25) is 6.79 Å². The van der Waals surface area contributed by atoms with Crippen molar-refractivity contribution in [3.05, 3.63) is 57.0 Å². The number of amides is 1. The summed E-state index contributed by atoms with van der Waals surface area (Å²) >= 11 is 7.67. The minimum Gasteiger partial charge on any atom is -0.454 e. The zero-order valence-electron chi connectivity index (χ0n) is 13.9. The Bertz CT molecular complexity index is 901. The molecule has 3 heterocycles. The van der Waals surface area contributed by atoms with Crippen molar-refractivity contribution >= 4 is 29.3 Å². The third-order valence-electron chi connectivity index (χ3n) is 4.50. The first-order valence-electron chi connectivity index (χ1n) is 8.30. The molecule has 6 nitrogen and oxygen atoms in total. The van der Waals surface area contributed by atoms with Gasteiger partial charge in [-0.1, -0.05) is 17.7 Å². The van der Waals surface area contributed by atoms with Crippen LogP contribution < -0.4 is 15.0 Å². The number of benzene rings is 1. The van der Waals surface area contributed by atoms with E-state index in [2.05, 4.69) is 11.1 Å². The van der Waals surface area contributed by atoms with E-state index in [-0.39, 0.29) is 17.7 Å². The number of nitrogens with zero attached hydrogens (tertiary/aromatic N) is 1. The number of pyridine rings is 1. The van der Waals surface area contributed by atoms with E-state index < -0.39 is 5.56 Å². The molecule has 0 spiro atoms. The molecule has 2 aliphatic rings. The SMILES string of the molecule is O=C(c1c[nH]c(=O)c(Cl)c1)N1CCSC(c2ccc3c(c2)OCO3)CC1. The van der Waals surface area contributed by atoms with E-state index in [1.54, 1.807) is 0 Å². The average molecular weight is 393 g/mol. The molecule has 136 valence electrons. The number of fused-ring (bicyclic) bond motifs is 1. The first-order chi connectivity index (χ1) is 12.6. The normalized spacial score (nSPS) is 19.3. The summed E-state index contributed by atoms with van der Waals surface area (Å²) in [4.78, 5) is 28.4. The van der Waals surface area contributed by atoms with Crippen LogP contribution in [-0.2, 0) is 0 Å². The molecule has 1 atom stereocenters. The average Bonchev–Trinajstić information content (AvgIpc) is 2.98. The smallest absolute Gasteiger partial charge is 0.266 e. The molecular formula is C18H17ClN2O4S. The molecule has 1 unspecified atom stereocenters. The van der Waals surface area contributed by atoms with Crippen LogP contribution >= 0.6 is 23.4 Å². The Morgan fingerprint density at radius 3 is 2.92 bits per heavy atom. The summed E-state index contributed by atoms with van der Waals surface area (Å²) in [6.07, 6.45) is 2.26. The van der Waals surface area contributed by atoms with Crippen molar-refractivity contribution < 1.29 is 14.3 Å². The van der Waals surface area contributed by atoms with Crippen LogP contribution in [0.25, 0.3) is 0 Å². The second-order valence-corrected chi connectivity index (χ2v) is 7.84. The summed E-state index contributed by atoms with van der Waals surface area (Å²) in [7, 11) is 0. The van der Waals surface area contributed by atoms with Gasteiger partial charge in [-0.3, -0.25) is 9.59 Å². The summed E-state index contributed by atoms with van der Waals surface area (Å²) in [5, 5.41) is 0.319. The highest BCUT2D eigenvalue weighted by molar-refractivity contribution is 7.99. The second-order valence-electron chi connectivity index (χ2n) is 6.12. The lowest BCUT2D eigenvalue weighted by Gasteiger charge is -2.20. The van der Waals surface area contributed by atoms with E-state index in [4.69, 9.17) is 21.1 Å². The van der Waals surface area contributed by atoms with E-state index in [1.165, 1.54) is 17.8 Å². The standard InChI is InChI=1S/C18H17ClN2O4S/c19-13-7-12(9-20-17(13)22)18(23)21-4-3-16(26-6-5-21)11-1-2-14-15(8-11)25-10-24-14/h1-2,7-9,16H,3-6,10H2,(H,20,22). The fraction of sp³-hybridized carbons (Fsp3) is 0.333. The van der Waals surface area contributed by atoms with Gasteiger partial charge >= 0.3 is 0 Å². The third kappa shape index (κ3) is 3.41. The number of aromatic amines is 1. The van der Waals surface area contributed by atoms with E-state index in [0.717, 1.165) is 23.7 Å². The topological polar surface area (TPSA) is 71.6 Å². The quantitative estimate of drug-likeness (QED) is 0.850. The van der Waals surface area contributed by atoms with Gasteiger partial charge in [-0.25, -0.2) is 0 Å². The molecule has 0 aliphatic carbocycles. The molecule has 8 heteroatoms. The van der Waals surface area contributed by atoms with Gasteiger partial charge in [0.05, 0.1) is 5.56 Å². The first-order valence-corrected chi connectivity index (χ1v) is 9.73. The Balaban J connectivity index is 1.47. The molecule has 1 N–H and O–H groups in total. The van der Waals surface area contributed by atoms with Gasteiger partial charge in [0, 0.05) is 30.3 Å². The van der Waals surface area contributed by atoms with Crippen molar-refractivity contribution in [1.82, 2.24) is 9.88 Å². The van der Waals surface area contributed by atoms with Gasteiger partial charge in [-0.2, -0.15) is 11.8 Å². The molecule has 1 aromatic carbocycles. The molecule has 26 heavy (non-hydrogen) atoms. The van der Waals surface area contributed by atoms with Gasteiger partial charge in [0.1, 0.15) is 5.02 Å². The van der Waals surface area contributed by atoms with Gasteiger partial charge < -0.3 is 19.4 Å². The number of thioether (sulfide) groups is 1. The van der Waals surface area contributed by atoms with Crippen molar-refractivity contribution in [1.29, 1.82) is 0 Å². The van der Waals surface area contributed by atoms with Crippen LogP contribution in [0.2, 0.25) is 5.02 Å². The second kappa shape index (κ2) is 7.25. The van der Waals surface area contributed by atoms with Gasteiger partial charge in [0.25, 0.3) is 11.5 Å². The molecule has 0 radical (unpaired) electrons. The zero-order chi connectivity index (χ0) is 18.1. The van der Waals surface area contributed by atoms with Crippen LogP contribution in [-0.4, -0.2) is 41.4 Å². The minimum atomic E-state index is -0.391. The summed E-state index contributed by atoms with van der Waals surface area (Å²) in [6.45, 7) is 1.56. The molecular weight excluding hydrogens is 376 g/mol. The lowest BCUT2D eigenvalue weighted by Crippen LogP contribution is -2.33. The van der Waals surface area contributed by atoms with Crippen molar-refractivity contribution in [2.45, 2.75) is 11.7 Å². The summed E-state index contributed by atoms with van der Waals surface area (Å²) in [5.74, 6) is 2.28. The maximum atomic E-state index is 12.7. The number of carbonyl (C=O) groups excluding carboxylic acids is 1. The fourth-order valence-electron chi connectivity index (χ4n) is 3.11. The van der Waals surface area contributed by atoms with Crippen LogP contribution in [0.15, 0.2) is 35.3 Å². The van der Waals surface area contributed by atoms with Crippen LogP contribution in [0.5, 0.6) is 11.5 Å². The summed E-state index contributed by atoms with van der Waals surface area (Å²) < 4.78 is 10.8. The number of H-pyrrole nitrogens is 1. The molecule has 1 aromatic heterocycles. The number of rotatable bonds is 2. The van der Waals surface area contributed by atoms with Crippen LogP contribution in [0.3, 0.4) is 0 Å². The fourth-order valence-corrected chi connectivity index (χ4v) is 4.51. The van der Waals surface area contributed by atoms with Gasteiger partial charge in [-0.15, -0.1) is 0 Å². The van der Waals surface area contributed by atoms with E-state index in [9.17, 15) is 9.59 Å².